The van der Waals surface area contributed by atoms with E-state index in [1.54, 1.807) is 0 Å². The van der Waals surface area contributed by atoms with E-state index in [0.717, 1.165) is 17.8 Å². The minimum atomic E-state index is 0.439. The molecule has 0 aromatic rings. The second-order valence-electron chi connectivity index (χ2n) is 5.41. The number of aliphatic hydroxyl groups is 1. The molecule has 0 heterocycles. The van der Waals surface area contributed by atoms with Gasteiger partial charge in [0.05, 0.1) is 0 Å². The van der Waals surface area contributed by atoms with Gasteiger partial charge >= 0.3 is 0 Å². The molecule has 0 aromatic heterocycles. The molecule has 0 amide bonds. The summed E-state index contributed by atoms with van der Waals surface area (Å²) in [6.07, 6.45) is 9.95. The van der Waals surface area contributed by atoms with Crippen LogP contribution in [0.25, 0.3) is 0 Å². The van der Waals surface area contributed by atoms with Crippen LogP contribution in [0.5, 0.6) is 0 Å². The molecule has 0 radical (unpaired) electrons. The quantitative estimate of drug-likeness (QED) is 0.663. The average Bonchev–Trinajstić information content (AvgIpc) is 3.08. The molecule has 82 valence electrons. The Hall–Kier alpha value is -0.0400. The smallest absolute Gasteiger partial charge is 0.0462 e. The van der Waals surface area contributed by atoms with Crippen LogP contribution in [0.3, 0.4) is 0 Å². The molecule has 2 fully saturated rings. The van der Waals surface area contributed by atoms with Crippen molar-refractivity contribution in [3.63, 3.8) is 0 Å². The summed E-state index contributed by atoms with van der Waals surface area (Å²) in [4.78, 5) is 0. The van der Waals surface area contributed by atoms with Gasteiger partial charge in [-0.1, -0.05) is 26.2 Å². The molecule has 0 aliphatic heterocycles. The van der Waals surface area contributed by atoms with E-state index in [9.17, 15) is 0 Å². The fourth-order valence-electron chi connectivity index (χ4n) is 2.80. The number of aliphatic hydroxyl groups excluding tert-OH is 1. The van der Waals surface area contributed by atoms with E-state index < -0.39 is 0 Å². The average molecular weight is 196 g/mol. The summed E-state index contributed by atoms with van der Waals surface area (Å²) in [5.74, 6) is 3.73. The first-order valence-corrected chi connectivity index (χ1v) is 6.46. The van der Waals surface area contributed by atoms with Crippen LogP contribution in [-0.4, -0.2) is 11.7 Å². The molecule has 0 spiro atoms. The second-order valence-corrected chi connectivity index (χ2v) is 5.41. The molecule has 2 rings (SSSR count). The third-order valence-electron chi connectivity index (χ3n) is 4.21. The van der Waals surface area contributed by atoms with E-state index in [4.69, 9.17) is 5.11 Å². The molecule has 1 N–H and O–H groups in total. The van der Waals surface area contributed by atoms with Gasteiger partial charge in [-0.25, -0.2) is 0 Å². The van der Waals surface area contributed by atoms with Gasteiger partial charge in [0.15, 0.2) is 0 Å². The van der Waals surface area contributed by atoms with Crippen LogP contribution in [-0.2, 0) is 0 Å². The van der Waals surface area contributed by atoms with Gasteiger partial charge in [0.1, 0.15) is 0 Å². The highest BCUT2D eigenvalue weighted by molar-refractivity contribution is 4.90. The minimum Gasteiger partial charge on any atom is -0.396 e. The summed E-state index contributed by atoms with van der Waals surface area (Å²) < 4.78 is 0. The predicted molar refractivity (Wildman–Crippen MR) is 59.0 cm³/mol. The lowest BCUT2D eigenvalue weighted by atomic mass is 10.1. The monoisotopic (exact) mass is 196 g/mol. The maximum Gasteiger partial charge on any atom is 0.0462 e. The van der Waals surface area contributed by atoms with E-state index in [1.807, 2.05) is 0 Å². The van der Waals surface area contributed by atoms with Crippen LogP contribution in [0.2, 0.25) is 0 Å². The van der Waals surface area contributed by atoms with E-state index in [1.165, 1.54) is 44.9 Å². The van der Waals surface area contributed by atoms with E-state index in [0.29, 0.717) is 12.5 Å². The summed E-state index contributed by atoms with van der Waals surface area (Å²) in [5, 5.41) is 8.93. The van der Waals surface area contributed by atoms with Gasteiger partial charge in [0.25, 0.3) is 0 Å². The van der Waals surface area contributed by atoms with E-state index in [-0.39, 0.29) is 0 Å². The number of unbranched alkanes of at least 4 members (excludes halogenated alkanes) is 1. The number of hydrogen-bond acceptors (Lipinski definition) is 1. The predicted octanol–water partition coefficient (Wildman–Crippen LogP) is 3.22. The lowest BCUT2D eigenvalue weighted by molar-refractivity contribution is 0.266. The minimum absolute atomic E-state index is 0.439. The van der Waals surface area contributed by atoms with Crippen LogP contribution >= 0.6 is 0 Å². The van der Waals surface area contributed by atoms with Crippen molar-refractivity contribution in [2.75, 3.05) is 6.61 Å². The molecule has 1 heteroatoms. The molecule has 0 aromatic carbocycles. The SMILES string of the molecule is CCCCC1CC1CCC1CC1CO. The molecule has 1 nitrogen and oxygen atoms in total. The highest BCUT2D eigenvalue weighted by Crippen LogP contribution is 2.49. The van der Waals surface area contributed by atoms with Crippen molar-refractivity contribution in [1.82, 2.24) is 0 Å². The van der Waals surface area contributed by atoms with Crippen molar-refractivity contribution in [3.8, 4) is 0 Å². The summed E-state index contributed by atoms with van der Waals surface area (Å²) >= 11 is 0. The summed E-state index contributed by atoms with van der Waals surface area (Å²) in [7, 11) is 0. The Morgan fingerprint density at radius 3 is 2.07 bits per heavy atom. The normalized spacial score (nSPS) is 39.9. The zero-order valence-electron chi connectivity index (χ0n) is 9.41. The molecular formula is C13H24O. The third kappa shape index (κ3) is 2.73. The maximum absolute atomic E-state index is 8.93. The summed E-state index contributed by atoms with van der Waals surface area (Å²) in [6.45, 7) is 2.72. The van der Waals surface area contributed by atoms with Crippen LogP contribution in [0.4, 0.5) is 0 Å². The molecule has 4 unspecified atom stereocenters. The highest BCUT2D eigenvalue weighted by Gasteiger charge is 2.40. The molecule has 0 saturated heterocycles. The largest absolute Gasteiger partial charge is 0.396 e. The number of hydrogen-bond donors (Lipinski definition) is 1. The summed E-state index contributed by atoms with van der Waals surface area (Å²) in [6, 6.07) is 0. The Labute approximate surface area is 87.9 Å². The summed E-state index contributed by atoms with van der Waals surface area (Å²) in [5.41, 5.74) is 0. The first-order chi connectivity index (χ1) is 6.85. The van der Waals surface area contributed by atoms with Crippen LogP contribution in [0, 0.1) is 23.7 Å². The van der Waals surface area contributed by atoms with Gasteiger partial charge in [-0.3, -0.25) is 0 Å². The van der Waals surface area contributed by atoms with Crippen molar-refractivity contribution in [3.05, 3.63) is 0 Å². The Bertz CT molecular complexity index is 178. The Morgan fingerprint density at radius 1 is 0.929 bits per heavy atom. The molecule has 4 atom stereocenters. The lowest BCUT2D eigenvalue weighted by Gasteiger charge is -1.99. The van der Waals surface area contributed by atoms with Crippen LogP contribution < -0.4 is 0 Å². The van der Waals surface area contributed by atoms with Gasteiger partial charge in [0.2, 0.25) is 0 Å². The Morgan fingerprint density at radius 2 is 1.50 bits per heavy atom. The Kier molecular flexibility index (Phi) is 3.48. The first-order valence-electron chi connectivity index (χ1n) is 6.46. The van der Waals surface area contributed by atoms with Crippen molar-refractivity contribution >= 4 is 0 Å². The zero-order chi connectivity index (χ0) is 9.97. The van der Waals surface area contributed by atoms with Crippen molar-refractivity contribution in [1.29, 1.82) is 0 Å². The molecule has 2 aliphatic carbocycles. The third-order valence-corrected chi connectivity index (χ3v) is 4.21. The van der Waals surface area contributed by atoms with Gasteiger partial charge in [0, 0.05) is 6.61 Å². The highest BCUT2D eigenvalue weighted by atomic mass is 16.3. The fourth-order valence-corrected chi connectivity index (χ4v) is 2.80. The second kappa shape index (κ2) is 4.65. The molecule has 0 bridgehead atoms. The topological polar surface area (TPSA) is 20.2 Å². The Balaban J connectivity index is 1.48. The van der Waals surface area contributed by atoms with Gasteiger partial charge < -0.3 is 5.11 Å². The standard InChI is InChI=1S/C13H24O/c1-2-3-4-10-7-11(10)5-6-12-8-13(12)9-14/h10-14H,2-9H2,1H3. The van der Waals surface area contributed by atoms with Gasteiger partial charge in [-0.2, -0.15) is 0 Å². The molecule has 14 heavy (non-hydrogen) atoms. The molecular weight excluding hydrogens is 172 g/mol. The van der Waals surface area contributed by atoms with E-state index >= 15 is 0 Å². The van der Waals surface area contributed by atoms with Gasteiger partial charge in [-0.15, -0.1) is 0 Å². The lowest BCUT2D eigenvalue weighted by Crippen LogP contribution is -1.91. The van der Waals surface area contributed by atoms with Crippen molar-refractivity contribution in [2.45, 2.75) is 51.9 Å². The van der Waals surface area contributed by atoms with Gasteiger partial charge in [-0.05, 0) is 49.4 Å². The molecule has 2 saturated carbocycles. The van der Waals surface area contributed by atoms with Crippen molar-refractivity contribution in [2.24, 2.45) is 23.7 Å². The van der Waals surface area contributed by atoms with Crippen LogP contribution in [0.15, 0.2) is 0 Å². The van der Waals surface area contributed by atoms with Crippen LogP contribution in [0.1, 0.15) is 51.9 Å². The number of rotatable bonds is 7. The first kappa shape index (κ1) is 10.5. The zero-order valence-corrected chi connectivity index (χ0v) is 9.41. The molecule has 2 aliphatic rings. The van der Waals surface area contributed by atoms with Crippen molar-refractivity contribution < 1.29 is 5.11 Å². The van der Waals surface area contributed by atoms with E-state index in [2.05, 4.69) is 6.92 Å². The maximum atomic E-state index is 8.93. The fraction of sp³-hybridized carbons (Fsp3) is 1.00.